The molecule has 0 bridgehead atoms. The minimum atomic E-state index is -3.47. The number of rotatable bonds is 8. The van der Waals surface area contributed by atoms with Gasteiger partial charge in [0.15, 0.2) is 0 Å². The fraction of sp³-hybridized carbons (Fsp3) is 0.615. The van der Waals surface area contributed by atoms with Gasteiger partial charge in [-0.25, -0.2) is 8.42 Å². The number of carbonyl (C=O) groups excluding carboxylic acids is 2. The van der Waals surface area contributed by atoms with Crippen molar-refractivity contribution in [3.8, 4) is 0 Å². The van der Waals surface area contributed by atoms with E-state index in [1.54, 1.807) is 16.1 Å². The summed E-state index contributed by atoms with van der Waals surface area (Å²) in [5, 5.41) is 3.94. The van der Waals surface area contributed by atoms with Gasteiger partial charge in [0, 0.05) is 55.2 Å². The molecule has 0 unspecified atom stereocenters. The van der Waals surface area contributed by atoms with E-state index < -0.39 is 22.2 Å². The fourth-order valence-corrected chi connectivity index (χ4v) is 6.85. The highest BCUT2D eigenvalue weighted by molar-refractivity contribution is 7.88. The number of nitrogens with zero attached hydrogens (tertiary/aromatic N) is 2. The maximum atomic E-state index is 14.0. The lowest BCUT2D eigenvalue weighted by Crippen LogP contribution is -2.57. The van der Waals surface area contributed by atoms with Gasteiger partial charge in [-0.3, -0.25) is 9.59 Å². The Morgan fingerprint density at radius 2 is 2.00 bits per heavy atom. The average molecular weight is 519 g/mol. The van der Waals surface area contributed by atoms with Crippen LogP contribution in [0, 0.1) is 12.8 Å². The zero-order valence-corrected chi connectivity index (χ0v) is 22.8. The van der Waals surface area contributed by atoms with Gasteiger partial charge in [-0.1, -0.05) is 26.0 Å². The predicted octanol–water partition coefficient (Wildman–Crippen LogP) is 2.37. The lowest BCUT2D eigenvalue weighted by molar-refractivity contribution is -0.141. The Labute approximate surface area is 213 Å². The first-order chi connectivity index (χ1) is 17.0. The number of hydrogen-bond donors (Lipinski definition) is 2. The van der Waals surface area contributed by atoms with Crippen molar-refractivity contribution < 1.29 is 22.7 Å². The van der Waals surface area contributed by atoms with Gasteiger partial charge in [-0.2, -0.15) is 4.31 Å². The molecular weight excluding hydrogens is 480 g/mol. The molecule has 10 heteroatoms. The second-order valence-electron chi connectivity index (χ2n) is 10.3. The van der Waals surface area contributed by atoms with Crippen LogP contribution in [0.2, 0.25) is 0 Å². The SMILES string of the molecule is CC[C@@H](C)C(=O)N[C@H](C(=O)N1CC[C@@H]2[C@H]1[C@@H](c1c[nH]c3cc(C)ccc13)CN2S(C)(=O)=O)[C@@H](C)OC. The summed E-state index contributed by atoms with van der Waals surface area (Å²) in [6.45, 7) is 8.28. The number of amides is 2. The van der Waals surface area contributed by atoms with Gasteiger partial charge >= 0.3 is 0 Å². The summed E-state index contributed by atoms with van der Waals surface area (Å²) < 4.78 is 32.6. The second kappa shape index (κ2) is 10.1. The molecule has 2 aliphatic rings. The van der Waals surface area contributed by atoms with E-state index in [1.807, 2.05) is 33.0 Å². The topological polar surface area (TPSA) is 112 Å². The van der Waals surface area contributed by atoms with Crippen molar-refractivity contribution in [3.63, 3.8) is 0 Å². The third-order valence-corrected chi connectivity index (χ3v) is 9.29. The minimum Gasteiger partial charge on any atom is -0.379 e. The average Bonchev–Trinajstić information content (AvgIpc) is 3.54. The minimum absolute atomic E-state index is 0.191. The summed E-state index contributed by atoms with van der Waals surface area (Å²) in [6.07, 6.45) is 3.85. The number of benzene rings is 1. The summed E-state index contributed by atoms with van der Waals surface area (Å²) in [4.78, 5) is 31.8. The van der Waals surface area contributed by atoms with Gasteiger partial charge in [-0.15, -0.1) is 0 Å². The maximum absolute atomic E-state index is 14.0. The number of carbonyl (C=O) groups is 2. The molecule has 2 amide bonds. The molecule has 2 N–H and O–H groups in total. The number of nitrogens with one attached hydrogen (secondary N) is 2. The quantitative estimate of drug-likeness (QED) is 0.557. The molecule has 198 valence electrons. The molecular formula is C26H38N4O5S. The molecule has 4 rings (SSSR count). The van der Waals surface area contributed by atoms with Crippen LogP contribution in [-0.2, 0) is 24.3 Å². The van der Waals surface area contributed by atoms with E-state index in [-0.39, 0.29) is 35.7 Å². The zero-order valence-electron chi connectivity index (χ0n) is 21.9. The van der Waals surface area contributed by atoms with Crippen LogP contribution in [0.4, 0.5) is 0 Å². The number of ether oxygens (including phenoxy) is 1. The molecule has 2 fully saturated rings. The van der Waals surface area contributed by atoms with Gasteiger partial charge in [0.2, 0.25) is 21.8 Å². The third kappa shape index (κ3) is 4.78. The fourth-order valence-electron chi connectivity index (χ4n) is 5.70. The van der Waals surface area contributed by atoms with Crippen molar-refractivity contribution in [1.29, 1.82) is 0 Å². The lowest BCUT2D eigenvalue weighted by atomic mass is 9.90. The largest absolute Gasteiger partial charge is 0.379 e. The molecule has 36 heavy (non-hydrogen) atoms. The van der Waals surface area contributed by atoms with E-state index in [0.29, 0.717) is 25.9 Å². The van der Waals surface area contributed by atoms with E-state index in [9.17, 15) is 18.0 Å². The normalized spacial score (nSPS) is 25.1. The van der Waals surface area contributed by atoms with Crippen molar-refractivity contribution in [1.82, 2.24) is 19.5 Å². The van der Waals surface area contributed by atoms with Gasteiger partial charge < -0.3 is 19.9 Å². The maximum Gasteiger partial charge on any atom is 0.248 e. The summed E-state index contributed by atoms with van der Waals surface area (Å²) in [5.41, 5.74) is 3.12. The first-order valence-electron chi connectivity index (χ1n) is 12.7. The molecule has 1 aromatic carbocycles. The summed E-state index contributed by atoms with van der Waals surface area (Å²) in [6, 6.07) is 4.66. The highest BCUT2D eigenvalue weighted by atomic mass is 32.2. The molecule has 3 heterocycles. The molecule has 9 nitrogen and oxygen atoms in total. The van der Waals surface area contributed by atoms with Crippen molar-refractivity contribution in [3.05, 3.63) is 35.5 Å². The van der Waals surface area contributed by atoms with Crippen LogP contribution in [-0.4, -0.2) is 85.1 Å². The van der Waals surface area contributed by atoms with Crippen LogP contribution in [0.5, 0.6) is 0 Å². The number of likely N-dealkylation sites (tertiary alicyclic amines) is 1. The third-order valence-electron chi connectivity index (χ3n) is 8.02. The monoisotopic (exact) mass is 518 g/mol. The Balaban J connectivity index is 1.72. The van der Waals surface area contributed by atoms with Crippen LogP contribution in [0.25, 0.3) is 10.9 Å². The van der Waals surface area contributed by atoms with Crippen molar-refractivity contribution in [2.75, 3.05) is 26.5 Å². The highest BCUT2D eigenvalue weighted by Gasteiger charge is 2.54. The van der Waals surface area contributed by atoms with Crippen molar-refractivity contribution in [2.45, 2.75) is 70.7 Å². The Morgan fingerprint density at radius 3 is 2.64 bits per heavy atom. The number of aromatic nitrogens is 1. The van der Waals surface area contributed by atoms with Gasteiger partial charge in [0.05, 0.1) is 18.4 Å². The molecule has 2 aromatic rings. The number of aryl methyl sites for hydroxylation is 1. The molecule has 2 aliphatic heterocycles. The van der Waals surface area contributed by atoms with Crippen LogP contribution >= 0.6 is 0 Å². The standard InChI is InChI=1S/C26H38N4O5S/c1-7-16(3)25(31)28-23(17(4)35-5)26(32)29-11-10-22-24(29)20(14-30(22)36(6,33)34)19-13-27-21-12-15(2)8-9-18(19)21/h8-9,12-13,16-17,20,22-24,27H,7,10-11,14H2,1-6H3,(H,28,31)/t16-,17-,20-,22-,23+,24-/m1/s1. The van der Waals surface area contributed by atoms with Crippen LogP contribution in [0.3, 0.4) is 0 Å². The van der Waals surface area contributed by atoms with E-state index in [1.165, 1.54) is 13.4 Å². The van der Waals surface area contributed by atoms with E-state index >= 15 is 0 Å². The van der Waals surface area contributed by atoms with Gasteiger partial charge in [-0.05, 0) is 43.9 Å². The van der Waals surface area contributed by atoms with Gasteiger partial charge in [0.25, 0.3) is 0 Å². The molecule has 0 radical (unpaired) electrons. The number of aromatic amines is 1. The molecule has 6 atom stereocenters. The molecule has 0 saturated carbocycles. The van der Waals surface area contributed by atoms with Crippen molar-refractivity contribution >= 4 is 32.7 Å². The van der Waals surface area contributed by atoms with E-state index in [2.05, 4.69) is 22.4 Å². The molecule has 2 saturated heterocycles. The molecule has 0 spiro atoms. The van der Waals surface area contributed by atoms with E-state index in [0.717, 1.165) is 22.0 Å². The second-order valence-corrected chi connectivity index (χ2v) is 12.3. The number of H-pyrrole nitrogens is 1. The Bertz CT molecular complexity index is 1240. The Hall–Kier alpha value is -2.43. The first-order valence-corrected chi connectivity index (χ1v) is 14.5. The van der Waals surface area contributed by atoms with Gasteiger partial charge in [0.1, 0.15) is 6.04 Å². The predicted molar refractivity (Wildman–Crippen MR) is 139 cm³/mol. The van der Waals surface area contributed by atoms with Crippen LogP contribution in [0.1, 0.15) is 50.7 Å². The van der Waals surface area contributed by atoms with Crippen LogP contribution < -0.4 is 5.32 Å². The molecule has 1 aromatic heterocycles. The summed E-state index contributed by atoms with van der Waals surface area (Å²) in [5.74, 6) is -0.852. The molecule has 0 aliphatic carbocycles. The number of fused-ring (bicyclic) bond motifs is 2. The van der Waals surface area contributed by atoms with Crippen molar-refractivity contribution in [2.24, 2.45) is 5.92 Å². The smallest absolute Gasteiger partial charge is 0.248 e. The lowest BCUT2D eigenvalue weighted by Gasteiger charge is -2.34. The van der Waals surface area contributed by atoms with E-state index in [4.69, 9.17) is 4.74 Å². The number of methoxy groups -OCH3 is 1. The van der Waals surface area contributed by atoms with Crippen LogP contribution in [0.15, 0.2) is 24.4 Å². The Morgan fingerprint density at radius 1 is 1.28 bits per heavy atom. The zero-order chi connectivity index (χ0) is 26.4. The number of hydrogen-bond acceptors (Lipinski definition) is 5. The Kier molecular flexibility index (Phi) is 7.50. The highest BCUT2D eigenvalue weighted by Crippen LogP contribution is 2.44. The first kappa shape index (κ1) is 26.6. The number of sulfonamides is 1. The summed E-state index contributed by atoms with van der Waals surface area (Å²) >= 11 is 0. The summed E-state index contributed by atoms with van der Waals surface area (Å²) in [7, 11) is -1.96.